The van der Waals surface area contributed by atoms with Crippen LogP contribution in [0.3, 0.4) is 0 Å². The smallest absolute Gasteiger partial charge is 0.178 e. The van der Waals surface area contributed by atoms with E-state index in [-0.39, 0.29) is 5.52 Å². The van der Waals surface area contributed by atoms with E-state index in [1.54, 1.807) is 6.07 Å². The first-order valence-electron chi connectivity index (χ1n) is 6.37. The summed E-state index contributed by atoms with van der Waals surface area (Å²) in [6, 6.07) is 5.59. The van der Waals surface area contributed by atoms with Gasteiger partial charge in [-0.25, -0.2) is 0 Å². The van der Waals surface area contributed by atoms with Crippen LogP contribution in [0.1, 0.15) is 35.7 Å². The molecule has 1 aromatic rings. The Labute approximate surface area is 116 Å². The third kappa shape index (κ3) is 3.54. The van der Waals surface area contributed by atoms with Crippen molar-refractivity contribution in [3.8, 4) is 0 Å². The normalized spacial score (nSPS) is 17.9. The summed E-state index contributed by atoms with van der Waals surface area (Å²) >= 11 is 5.95. The molecule has 0 N–H and O–H groups in total. The third-order valence-electron chi connectivity index (χ3n) is 3.61. The summed E-state index contributed by atoms with van der Waals surface area (Å²) in [5, 5.41) is 0.622. The minimum absolute atomic E-state index is 0.0119. The zero-order chi connectivity index (χ0) is 13.1. The number of likely N-dealkylation sites (tertiary alicyclic amines) is 1. The van der Waals surface area contributed by atoms with Crippen LogP contribution in [0.4, 0.5) is 0 Å². The van der Waals surface area contributed by atoms with Crippen molar-refractivity contribution in [1.29, 1.82) is 0 Å². The Balaban J connectivity index is 2.11. The van der Waals surface area contributed by atoms with E-state index in [1.807, 2.05) is 12.1 Å². The molecule has 1 aliphatic rings. The highest BCUT2D eigenvalue weighted by Crippen LogP contribution is 2.23. The number of halogens is 1. The van der Waals surface area contributed by atoms with E-state index in [2.05, 4.69) is 21.1 Å². The number of carbonyl (C=O) groups is 1. The van der Waals surface area contributed by atoms with Crippen LogP contribution >= 0.6 is 20.8 Å². The number of piperidine rings is 1. The minimum atomic E-state index is 0.0119. The number of carbonyl (C=O) groups excluding carboxylic acids is 1. The van der Waals surface area contributed by atoms with E-state index >= 15 is 0 Å². The Kier molecular flexibility index (Phi) is 4.77. The molecule has 0 saturated carbocycles. The fraction of sp³-hybridized carbons (Fsp3) is 0.500. The first kappa shape index (κ1) is 14.0. The van der Waals surface area contributed by atoms with Gasteiger partial charge in [-0.15, -0.1) is 0 Å². The van der Waals surface area contributed by atoms with Gasteiger partial charge in [-0.05, 0) is 49.5 Å². The molecule has 1 heterocycles. The van der Waals surface area contributed by atoms with E-state index in [9.17, 15) is 4.79 Å². The molecule has 18 heavy (non-hydrogen) atoms. The Morgan fingerprint density at radius 1 is 1.44 bits per heavy atom. The highest BCUT2D eigenvalue weighted by atomic mass is 35.5. The topological polar surface area (TPSA) is 20.3 Å². The fourth-order valence-corrected chi connectivity index (χ4v) is 2.82. The Morgan fingerprint density at radius 3 is 2.72 bits per heavy atom. The lowest BCUT2D eigenvalue weighted by Crippen LogP contribution is -2.32. The molecule has 1 aliphatic heterocycles. The molecule has 1 unspecified atom stereocenters. The molecule has 2 nitrogen and oxygen atoms in total. The zero-order valence-electron chi connectivity index (χ0n) is 10.7. The van der Waals surface area contributed by atoms with Gasteiger partial charge in [0, 0.05) is 17.1 Å². The second-order valence-electron chi connectivity index (χ2n) is 5.12. The average molecular weight is 284 g/mol. The molecule has 0 bridgehead atoms. The molecule has 0 aromatic heterocycles. The van der Waals surface area contributed by atoms with Crippen LogP contribution in [0.25, 0.3) is 0 Å². The molecule has 2 rings (SSSR count). The van der Waals surface area contributed by atoms with Gasteiger partial charge in [0.2, 0.25) is 0 Å². The first-order valence-corrected chi connectivity index (χ1v) is 7.32. The lowest BCUT2D eigenvalue weighted by atomic mass is 9.98. The summed E-state index contributed by atoms with van der Waals surface area (Å²) in [7, 11) is 2.24. The minimum Gasteiger partial charge on any atom is -0.299 e. The molecular formula is C14H19ClNOP. The number of benzene rings is 1. The average Bonchev–Trinajstić information content (AvgIpc) is 2.34. The van der Waals surface area contributed by atoms with Gasteiger partial charge >= 0.3 is 0 Å². The summed E-state index contributed by atoms with van der Waals surface area (Å²) in [5.41, 5.74) is 1.82. The van der Waals surface area contributed by atoms with Crippen molar-refractivity contribution in [2.75, 3.05) is 13.1 Å². The molecule has 1 atom stereocenters. The summed E-state index contributed by atoms with van der Waals surface area (Å²) in [4.78, 5) is 14.0. The van der Waals surface area contributed by atoms with Crippen molar-refractivity contribution in [2.45, 2.75) is 26.3 Å². The second-order valence-corrected chi connectivity index (χ2v) is 6.09. The number of hydrogen-bond acceptors (Lipinski definition) is 2. The molecule has 98 valence electrons. The maximum absolute atomic E-state index is 11.6. The highest BCUT2D eigenvalue weighted by Gasteiger charge is 2.17. The van der Waals surface area contributed by atoms with Crippen molar-refractivity contribution in [1.82, 2.24) is 4.90 Å². The van der Waals surface area contributed by atoms with Gasteiger partial charge in [0.1, 0.15) is 0 Å². The maximum Gasteiger partial charge on any atom is 0.178 e. The lowest BCUT2D eigenvalue weighted by molar-refractivity contribution is 0.108. The number of rotatable bonds is 3. The predicted molar refractivity (Wildman–Crippen MR) is 79.2 cm³/mol. The van der Waals surface area contributed by atoms with Gasteiger partial charge in [0.05, 0.1) is 0 Å². The Hall–Kier alpha value is -0.430. The summed E-state index contributed by atoms with van der Waals surface area (Å²) in [6.45, 7) is 5.39. The van der Waals surface area contributed by atoms with Crippen LogP contribution < -0.4 is 0 Å². The third-order valence-corrected chi connectivity index (χ3v) is 4.15. The standard InChI is InChI=1S/C14H19ClNOP/c1-10-4-6-16(7-5-10)9-11-2-3-12(15)8-13(11)14(17)18/h2-3,8,10H,4-7,9,18H2,1H3. The van der Waals surface area contributed by atoms with Gasteiger partial charge in [0.15, 0.2) is 5.52 Å². The fourth-order valence-electron chi connectivity index (χ4n) is 2.38. The van der Waals surface area contributed by atoms with Crippen LogP contribution in [0, 0.1) is 5.92 Å². The molecule has 4 heteroatoms. The van der Waals surface area contributed by atoms with Gasteiger partial charge in [-0.3, -0.25) is 9.69 Å². The van der Waals surface area contributed by atoms with E-state index in [0.29, 0.717) is 5.02 Å². The van der Waals surface area contributed by atoms with E-state index in [4.69, 9.17) is 11.6 Å². The van der Waals surface area contributed by atoms with E-state index in [0.717, 1.165) is 36.7 Å². The zero-order valence-corrected chi connectivity index (χ0v) is 12.6. The van der Waals surface area contributed by atoms with Crippen molar-refractivity contribution >= 4 is 26.4 Å². The predicted octanol–water partition coefficient (Wildman–Crippen LogP) is 3.59. The van der Waals surface area contributed by atoms with Crippen molar-refractivity contribution in [3.05, 3.63) is 34.3 Å². The highest BCUT2D eigenvalue weighted by molar-refractivity contribution is 7.41. The van der Waals surface area contributed by atoms with Crippen molar-refractivity contribution < 1.29 is 4.79 Å². The summed E-state index contributed by atoms with van der Waals surface area (Å²) in [5.74, 6) is 0.828. The maximum atomic E-state index is 11.6. The molecule has 0 amide bonds. The monoisotopic (exact) mass is 283 g/mol. The van der Waals surface area contributed by atoms with Crippen molar-refractivity contribution in [3.63, 3.8) is 0 Å². The van der Waals surface area contributed by atoms with Gasteiger partial charge in [-0.2, -0.15) is 0 Å². The van der Waals surface area contributed by atoms with Crippen LogP contribution in [0.5, 0.6) is 0 Å². The van der Waals surface area contributed by atoms with Gasteiger partial charge < -0.3 is 0 Å². The van der Waals surface area contributed by atoms with E-state index < -0.39 is 0 Å². The van der Waals surface area contributed by atoms with Crippen LogP contribution in [0.15, 0.2) is 18.2 Å². The number of nitrogens with zero attached hydrogens (tertiary/aromatic N) is 1. The SMILES string of the molecule is CC1CCN(Cc2ccc(Cl)cc2C(=O)P)CC1. The number of hydrogen-bond donors (Lipinski definition) is 0. The molecule has 1 fully saturated rings. The van der Waals surface area contributed by atoms with Crippen LogP contribution in [-0.4, -0.2) is 23.5 Å². The molecule has 0 spiro atoms. The van der Waals surface area contributed by atoms with Crippen LogP contribution in [0.2, 0.25) is 5.02 Å². The lowest BCUT2D eigenvalue weighted by Gasteiger charge is -2.30. The Morgan fingerprint density at radius 2 is 2.11 bits per heavy atom. The first-order chi connectivity index (χ1) is 8.56. The van der Waals surface area contributed by atoms with Crippen molar-refractivity contribution in [2.24, 2.45) is 5.92 Å². The summed E-state index contributed by atoms with van der Waals surface area (Å²) < 4.78 is 0. The molecule has 1 aromatic carbocycles. The summed E-state index contributed by atoms with van der Waals surface area (Å²) in [6.07, 6.45) is 2.50. The second kappa shape index (κ2) is 6.14. The van der Waals surface area contributed by atoms with E-state index in [1.165, 1.54) is 12.8 Å². The molecule has 0 aliphatic carbocycles. The largest absolute Gasteiger partial charge is 0.299 e. The van der Waals surface area contributed by atoms with Crippen LogP contribution in [-0.2, 0) is 6.54 Å². The quantitative estimate of drug-likeness (QED) is 0.790. The molecular weight excluding hydrogens is 265 g/mol. The van der Waals surface area contributed by atoms with Gasteiger partial charge in [0.25, 0.3) is 0 Å². The molecule has 1 saturated heterocycles. The molecule has 0 radical (unpaired) electrons. The van der Waals surface area contributed by atoms with Gasteiger partial charge in [-0.1, -0.05) is 33.8 Å². The Bertz CT molecular complexity index is 441.